The molecule has 1 saturated carbocycles. The first kappa shape index (κ1) is 20.9. The van der Waals surface area contributed by atoms with Gasteiger partial charge in [-0.3, -0.25) is 9.59 Å². The molecule has 0 heterocycles. The fourth-order valence-corrected chi connectivity index (χ4v) is 3.51. The first-order valence-electron chi connectivity index (χ1n) is 10.2. The number of rotatable bonds is 8. The van der Waals surface area contributed by atoms with Crippen LogP contribution in [0.1, 0.15) is 44.7 Å². The number of carbonyl (C=O) groups is 2. The number of carbonyl (C=O) groups excluding carboxylic acids is 2. The Morgan fingerprint density at radius 3 is 2.29 bits per heavy atom. The molecule has 0 saturated heterocycles. The minimum atomic E-state index is -0.470. The summed E-state index contributed by atoms with van der Waals surface area (Å²) < 4.78 is 5.76. The van der Waals surface area contributed by atoms with E-state index in [0.29, 0.717) is 29.3 Å². The molecular formula is C25H23ClN2O3. The average Bonchev–Trinajstić information content (AvgIpc) is 3.62. The fourth-order valence-electron chi connectivity index (χ4n) is 3.38. The lowest BCUT2D eigenvalue weighted by atomic mass is 10.1. The van der Waals surface area contributed by atoms with Crippen LogP contribution < -0.4 is 10.5 Å². The van der Waals surface area contributed by atoms with Gasteiger partial charge in [0, 0.05) is 28.7 Å². The highest BCUT2D eigenvalue weighted by Gasteiger charge is 2.33. The van der Waals surface area contributed by atoms with Crippen LogP contribution in [-0.2, 0) is 13.2 Å². The second-order valence-electron chi connectivity index (χ2n) is 7.67. The standard InChI is InChI=1S/C25H23ClN2O3/c26-21-8-12-23(13-9-21)31-16-17-4-6-19(7-5-17)25(30)28(22-10-11-22)15-18-2-1-3-20(14-18)24(27)29/h1-9,12-14,22H,10-11,15-16H2,(H2,27,29). The average molecular weight is 435 g/mol. The summed E-state index contributed by atoms with van der Waals surface area (Å²) in [4.78, 5) is 26.5. The van der Waals surface area contributed by atoms with E-state index in [2.05, 4.69) is 0 Å². The van der Waals surface area contributed by atoms with Crippen LogP contribution in [0, 0.1) is 0 Å². The zero-order valence-corrected chi connectivity index (χ0v) is 17.7. The Hall–Kier alpha value is -3.31. The molecular weight excluding hydrogens is 412 g/mol. The Labute approximate surface area is 186 Å². The fraction of sp³-hybridized carbons (Fsp3) is 0.200. The maximum absolute atomic E-state index is 13.2. The number of ether oxygens (including phenoxy) is 1. The maximum atomic E-state index is 13.2. The van der Waals surface area contributed by atoms with Gasteiger partial charge in [-0.2, -0.15) is 0 Å². The van der Waals surface area contributed by atoms with Crippen molar-refractivity contribution in [2.24, 2.45) is 5.73 Å². The van der Waals surface area contributed by atoms with Crippen molar-refractivity contribution in [3.63, 3.8) is 0 Å². The summed E-state index contributed by atoms with van der Waals surface area (Å²) in [6.07, 6.45) is 1.99. The molecule has 0 unspecified atom stereocenters. The number of halogens is 1. The van der Waals surface area contributed by atoms with Gasteiger partial charge >= 0.3 is 0 Å². The zero-order valence-electron chi connectivity index (χ0n) is 17.0. The lowest BCUT2D eigenvalue weighted by Crippen LogP contribution is -2.32. The van der Waals surface area contributed by atoms with Crippen LogP contribution in [0.2, 0.25) is 5.02 Å². The minimum Gasteiger partial charge on any atom is -0.489 e. The first-order chi connectivity index (χ1) is 15.0. The van der Waals surface area contributed by atoms with Crippen molar-refractivity contribution in [1.82, 2.24) is 4.90 Å². The summed E-state index contributed by atoms with van der Waals surface area (Å²) in [6, 6.07) is 22.0. The highest BCUT2D eigenvalue weighted by atomic mass is 35.5. The lowest BCUT2D eigenvalue weighted by molar-refractivity contribution is 0.0730. The molecule has 5 nitrogen and oxygen atoms in total. The lowest BCUT2D eigenvalue weighted by Gasteiger charge is -2.23. The van der Waals surface area contributed by atoms with E-state index in [0.717, 1.165) is 29.7 Å². The normalized spacial score (nSPS) is 12.9. The van der Waals surface area contributed by atoms with Gasteiger partial charge < -0.3 is 15.4 Å². The highest BCUT2D eigenvalue weighted by Crippen LogP contribution is 2.30. The maximum Gasteiger partial charge on any atom is 0.254 e. The van der Waals surface area contributed by atoms with Gasteiger partial charge in [-0.05, 0) is 72.5 Å². The topological polar surface area (TPSA) is 72.6 Å². The van der Waals surface area contributed by atoms with Crippen LogP contribution in [0.5, 0.6) is 5.75 Å². The van der Waals surface area contributed by atoms with Crippen molar-refractivity contribution in [3.8, 4) is 5.75 Å². The Bertz CT molecular complexity index is 1080. The molecule has 0 spiro atoms. The van der Waals surface area contributed by atoms with E-state index in [-0.39, 0.29) is 11.9 Å². The Kier molecular flexibility index (Phi) is 6.23. The molecule has 1 fully saturated rings. The first-order valence-corrected chi connectivity index (χ1v) is 10.5. The third-order valence-electron chi connectivity index (χ3n) is 5.23. The molecule has 4 rings (SSSR count). The van der Waals surface area contributed by atoms with Gasteiger partial charge in [0.1, 0.15) is 12.4 Å². The van der Waals surface area contributed by atoms with E-state index >= 15 is 0 Å². The summed E-state index contributed by atoms with van der Waals surface area (Å²) in [7, 11) is 0. The van der Waals surface area contributed by atoms with E-state index in [1.165, 1.54) is 0 Å². The van der Waals surface area contributed by atoms with Gasteiger partial charge in [0.15, 0.2) is 0 Å². The number of hydrogen-bond acceptors (Lipinski definition) is 3. The number of hydrogen-bond donors (Lipinski definition) is 1. The minimum absolute atomic E-state index is 0.0165. The summed E-state index contributed by atoms with van der Waals surface area (Å²) >= 11 is 5.89. The molecule has 158 valence electrons. The van der Waals surface area contributed by atoms with Crippen molar-refractivity contribution in [2.75, 3.05) is 0 Å². The number of primary amides is 1. The molecule has 6 heteroatoms. The smallest absolute Gasteiger partial charge is 0.254 e. The van der Waals surface area contributed by atoms with Gasteiger partial charge in [-0.25, -0.2) is 0 Å². The van der Waals surface area contributed by atoms with Gasteiger partial charge in [0.2, 0.25) is 5.91 Å². The molecule has 0 bridgehead atoms. The number of nitrogens with two attached hydrogens (primary N) is 1. The Balaban J connectivity index is 1.42. The quantitative estimate of drug-likeness (QED) is 0.552. The third-order valence-corrected chi connectivity index (χ3v) is 5.48. The molecule has 0 aromatic heterocycles. The van der Waals surface area contributed by atoms with E-state index in [1.807, 2.05) is 47.4 Å². The summed E-state index contributed by atoms with van der Waals surface area (Å²) in [5.74, 6) is 0.252. The summed E-state index contributed by atoms with van der Waals surface area (Å²) in [5, 5.41) is 0.664. The van der Waals surface area contributed by atoms with Crippen LogP contribution >= 0.6 is 11.6 Å². The second kappa shape index (κ2) is 9.23. The van der Waals surface area contributed by atoms with Gasteiger partial charge in [0.05, 0.1) is 0 Å². The SMILES string of the molecule is NC(=O)c1cccc(CN(C(=O)c2ccc(COc3ccc(Cl)cc3)cc2)C2CC2)c1. The number of benzene rings is 3. The predicted octanol–water partition coefficient (Wildman–Crippen LogP) is 4.82. The van der Waals surface area contributed by atoms with E-state index in [9.17, 15) is 9.59 Å². The van der Waals surface area contributed by atoms with Crippen molar-refractivity contribution >= 4 is 23.4 Å². The van der Waals surface area contributed by atoms with Crippen LogP contribution in [0.3, 0.4) is 0 Å². The molecule has 31 heavy (non-hydrogen) atoms. The molecule has 0 radical (unpaired) electrons. The predicted molar refractivity (Wildman–Crippen MR) is 120 cm³/mol. The van der Waals surface area contributed by atoms with Crippen molar-refractivity contribution in [1.29, 1.82) is 0 Å². The van der Waals surface area contributed by atoms with Gasteiger partial charge in [-0.1, -0.05) is 35.9 Å². The molecule has 1 aliphatic carbocycles. The number of nitrogens with zero attached hydrogens (tertiary/aromatic N) is 1. The molecule has 2 amide bonds. The Morgan fingerprint density at radius 2 is 1.65 bits per heavy atom. The van der Waals surface area contributed by atoms with Crippen LogP contribution in [0.4, 0.5) is 0 Å². The zero-order chi connectivity index (χ0) is 21.8. The largest absolute Gasteiger partial charge is 0.489 e. The summed E-state index contributed by atoms with van der Waals surface area (Å²) in [6.45, 7) is 0.856. The van der Waals surface area contributed by atoms with Crippen LogP contribution in [0.25, 0.3) is 0 Å². The van der Waals surface area contributed by atoms with Gasteiger partial charge in [-0.15, -0.1) is 0 Å². The molecule has 0 atom stereocenters. The van der Waals surface area contributed by atoms with E-state index in [4.69, 9.17) is 22.1 Å². The van der Waals surface area contributed by atoms with Crippen molar-refractivity contribution < 1.29 is 14.3 Å². The number of amides is 2. The molecule has 3 aromatic carbocycles. The van der Waals surface area contributed by atoms with Crippen LogP contribution in [0.15, 0.2) is 72.8 Å². The second-order valence-corrected chi connectivity index (χ2v) is 8.10. The molecule has 0 aliphatic heterocycles. The van der Waals surface area contributed by atoms with Crippen molar-refractivity contribution in [3.05, 3.63) is 100 Å². The van der Waals surface area contributed by atoms with Crippen LogP contribution in [-0.4, -0.2) is 22.8 Å². The molecule has 2 N–H and O–H groups in total. The van der Waals surface area contributed by atoms with E-state index < -0.39 is 5.91 Å². The van der Waals surface area contributed by atoms with Crippen molar-refractivity contribution in [2.45, 2.75) is 32.0 Å². The van der Waals surface area contributed by atoms with Gasteiger partial charge in [0.25, 0.3) is 5.91 Å². The third kappa shape index (κ3) is 5.44. The van der Waals surface area contributed by atoms with E-state index in [1.54, 1.807) is 30.3 Å². The summed E-state index contributed by atoms with van der Waals surface area (Å²) in [5.41, 5.74) is 8.33. The molecule has 3 aromatic rings. The molecule has 1 aliphatic rings. The monoisotopic (exact) mass is 434 g/mol. The Morgan fingerprint density at radius 1 is 0.935 bits per heavy atom. The highest BCUT2D eigenvalue weighted by molar-refractivity contribution is 6.30.